The van der Waals surface area contributed by atoms with Gasteiger partial charge in [0.1, 0.15) is 23.5 Å². The maximum atomic E-state index is 12.9. The molecule has 2 aromatic carbocycles. The Morgan fingerprint density at radius 2 is 1.72 bits per heavy atom. The maximum absolute atomic E-state index is 12.9. The maximum Gasteiger partial charge on any atom is 0.387 e. The molecular weight excluding hydrogens is 449 g/mol. The number of nitriles is 2. The monoisotopic (exact) mass is 460 g/mol. The molecule has 3 aromatic rings. The van der Waals surface area contributed by atoms with Gasteiger partial charge in [0.15, 0.2) is 11.5 Å². The lowest BCUT2D eigenvalue weighted by molar-refractivity contribution is -0.0510. The quantitative estimate of drug-likeness (QED) is 0.561. The lowest BCUT2D eigenvalue weighted by Crippen LogP contribution is -2.14. The summed E-state index contributed by atoms with van der Waals surface area (Å²) in [5.74, 6) is -1.60. The third-order valence-electron chi connectivity index (χ3n) is 3.86. The predicted octanol–water partition coefficient (Wildman–Crippen LogP) is 4.16. The van der Waals surface area contributed by atoms with Gasteiger partial charge in [-0.2, -0.15) is 19.3 Å². The van der Waals surface area contributed by atoms with Crippen LogP contribution in [0.2, 0.25) is 0 Å². The Hall–Kier alpha value is -4.29. The molecule has 0 spiro atoms. The minimum atomic E-state index is -4.18. The molecule has 1 heterocycles. The molecule has 12 heteroatoms. The third-order valence-corrected chi connectivity index (χ3v) is 5.21. The van der Waals surface area contributed by atoms with E-state index in [9.17, 15) is 26.9 Å². The van der Waals surface area contributed by atoms with Crippen LogP contribution in [0.15, 0.2) is 59.6 Å². The number of rotatable bonds is 7. The number of alkyl halides is 2. The van der Waals surface area contributed by atoms with Crippen molar-refractivity contribution in [2.45, 2.75) is 11.5 Å². The van der Waals surface area contributed by atoms with Crippen LogP contribution < -0.4 is 14.2 Å². The fraction of sp³-hybridized carbons (Fsp3) is 0.0500. The first kappa shape index (κ1) is 22.4. The van der Waals surface area contributed by atoms with Gasteiger partial charge in [0.2, 0.25) is 0 Å². The summed E-state index contributed by atoms with van der Waals surface area (Å²) >= 11 is 0. The van der Waals surface area contributed by atoms with Crippen molar-refractivity contribution in [1.82, 2.24) is 4.98 Å². The fourth-order valence-corrected chi connectivity index (χ4v) is 3.49. The number of ether oxygens (including phenoxy) is 2. The van der Waals surface area contributed by atoms with Crippen LogP contribution in [-0.2, 0) is 10.0 Å². The van der Waals surface area contributed by atoms with Crippen molar-refractivity contribution in [1.29, 1.82) is 10.5 Å². The van der Waals surface area contributed by atoms with Crippen molar-refractivity contribution in [2.24, 2.45) is 0 Å². The Kier molecular flexibility index (Phi) is 6.47. The van der Waals surface area contributed by atoms with E-state index in [4.69, 9.17) is 10.00 Å². The van der Waals surface area contributed by atoms with Crippen LogP contribution in [-0.4, -0.2) is 20.0 Å². The van der Waals surface area contributed by atoms with Gasteiger partial charge >= 0.3 is 6.61 Å². The number of aromatic nitrogens is 1. The number of halogens is 3. The van der Waals surface area contributed by atoms with Crippen LogP contribution in [0.3, 0.4) is 0 Å². The van der Waals surface area contributed by atoms with Crippen molar-refractivity contribution in [2.75, 3.05) is 4.72 Å². The molecule has 0 aliphatic rings. The second-order valence-corrected chi connectivity index (χ2v) is 7.67. The highest BCUT2D eigenvalue weighted by Gasteiger charge is 2.19. The highest BCUT2D eigenvalue weighted by Crippen LogP contribution is 2.35. The lowest BCUT2D eigenvalue weighted by atomic mass is 10.2. The summed E-state index contributed by atoms with van der Waals surface area (Å²) < 4.78 is 75.4. The van der Waals surface area contributed by atoms with E-state index in [-0.39, 0.29) is 33.3 Å². The smallest absolute Gasteiger partial charge is 0.387 e. The van der Waals surface area contributed by atoms with Gasteiger partial charge in [-0.05, 0) is 42.5 Å². The standard InChI is InChI=1S/C20H11F3N4O4S/c21-14-2-6-19(26-11-14)27-32(28,29)15-3-5-16(13(8-15)10-25)30-17-4-1-12(9-24)7-18(17)31-20(22)23/h1-8,11,20H,(H,26,27). The molecule has 0 unspecified atom stereocenters. The van der Waals surface area contributed by atoms with Crippen LogP contribution in [0.25, 0.3) is 0 Å². The van der Waals surface area contributed by atoms with E-state index in [0.29, 0.717) is 0 Å². The highest BCUT2D eigenvalue weighted by atomic mass is 32.2. The average Bonchev–Trinajstić information content (AvgIpc) is 2.76. The molecule has 32 heavy (non-hydrogen) atoms. The number of hydrogen-bond acceptors (Lipinski definition) is 7. The first-order chi connectivity index (χ1) is 15.2. The second kappa shape index (κ2) is 9.24. The summed E-state index contributed by atoms with van der Waals surface area (Å²) in [7, 11) is -4.18. The van der Waals surface area contributed by atoms with Gasteiger partial charge < -0.3 is 9.47 Å². The Labute approximate surface area is 180 Å². The Morgan fingerprint density at radius 1 is 0.969 bits per heavy atom. The van der Waals surface area contributed by atoms with E-state index in [1.54, 1.807) is 12.1 Å². The minimum Gasteiger partial charge on any atom is -0.452 e. The predicted molar refractivity (Wildman–Crippen MR) is 104 cm³/mol. The number of sulfonamides is 1. The number of benzene rings is 2. The summed E-state index contributed by atoms with van der Waals surface area (Å²) in [5, 5.41) is 18.3. The zero-order chi connectivity index (χ0) is 23.3. The summed E-state index contributed by atoms with van der Waals surface area (Å²) in [5.41, 5.74) is -0.192. The first-order valence-electron chi connectivity index (χ1n) is 8.57. The molecule has 0 fully saturated rings. The minimum absolute atomic E-state index is 0.0374. The van der Waals surface area contributed by atoms with Crippen LogP contribution >= 0.6 is 0 Å². The molecule has 1 N–H and O–H groups in total. The van der Waals surface area contributed by atoms with E-state index in [0.717, 1.165) is 42.6 Å². The molecule has 1 aromatic heterocycles. The van der Waals surface area contributed by atoms with Crippen molar-refractivity contribution in [3.63, 3.8) is 0 Å². The molecule has 8 nitrogen and oxygen atoms in total. The number of pyridine rings is 1. The number of nitrogens with one attached hydrogen (secondary N) is 1. The topological polar surface area (TPSA) is 125 Å². The Morgan fingerprint density at radius 3 is 2.34 bits per heavy atom. The lowest BCUT2D eigenvalue weighted by Gasteiger charge is -2.14. The SMILES string of the molecule is N#Cc1ccc(Oc2ccc(S(=O)(=O)Nc3ccc(F)cn3)cc2C#N)c(OC(F)F)c1. The van der Waals surface area contributed by atoms with E-state index < -0.39 is 28.2 Å². The van der Waals surface area contributed by atoms with Gasteiger partial charge in [0.05, 0.1) is 28.3 Å². The molecule has 0 aliphatic heterocycles. The van der Waals surface area contributed by atoms with Crippen LogP contribution in [0.5, 0.6) is 17.2 Å². The first-order valence-corrected chi connectivity index (χ1v) is 10.1. The molecule has 0 bridgehead atoms. The van der Waals surface area contributed by atoms with Crippen molar-refractivity contribution < 1.29 is 31.1 Å². The molecule has 0 atom stereocenters. The average molecular weight is 460 g/mol. The third kappa shape index (κ3) is 5.24. The normalized spacial score (nSPS) is 10.8. The van der Waals surface area contributed by atoms with Gasteiger partial charge in [0, 0.05) is 6.07 Å². The highest BCUT2D eigenvalue weighted by molar-refractivity contribution is 7.92. The molecular formula is C20H11F3N4O4S. The molecule has 0 radical (unpaired) electrons. The van der Waals surface area contributed by atoms with Crippen molar-refractivity contribution >= 4 is 15.8 Å². The van der Waals surface area contributed by atoms with Crippen LogP contribution in [0, 0.1) is 28.5 Å². The molecule has 0 amide bonds. The molecule has 162 valence electrons. The van der Waals surface area contributed by atoms with Gasteiger partial charge in [-0.15, -0.1) is 0 Å². The molecule has 0 saturated carbocycles. The molecule has 0 saturated heterocycles. The summed E-state index contributed by atoms with van der Waals surface area (Å²) in [6.07, 6.45) is 0.826. The molecule has 3 rings (SSSR count). The second-order valence-electron chi connectivity index (χ2n) is 5.99. The van der Waals surface area contributed by atoms with Gasteiger partial charge in [-0.25, -0.2) is 17.8 Å². The summed E-state index contributed by atoms with van der Waals surface area (Å²) in [6.45, 7) is -3.19. The van der Waals surface area contributed by atoms with E-state index in [1.807, 2.05) is 0 Å². The van der Waals surface area contributed by atoms with Gasteiger partial charge in [0.25, 0.3) is 10.0 Å². The Bertz CT molecular complexity index is 1330. The van der Waals surface area contributed by atoms with E-state index in [1.165, 1.54) is 12.1 Å². The number of nitrogens with zero attached hydrogens (tertiary/aromatic N) is 3. The fourth-order valence-electron chi connectivity index (χ4n) is 2.45. The van der Waals surface area contributed by atoms with Gasteiger partial charge in [-0.1, -0.05) is 0 Å². The van der Waals surface area contributed by atoms with E-state index >= 15 is 0 Å². The van der Waals surface area contributed by atoms with Crippen molar-refractivity contribution in [3.05, 3.63) is 71.7 Å². The van der Waals surface area contributed by atoms with Crippen LogP contribution in [0.1, 0.15) is 11.1 Å². The summed E-state index contributed by atoms with van der Waals surface area (Å²) in [6, 6.07) is 12.4. The van der Waals surface area contributed by atoms with Crippen molar-refractivity contribution in [3.8, 4) is 29.4 Å². The number of hydrogen-bond donors (Lipinski definition) is 1. The number of anilines is 1. The Balaban J connectivity index is 1.92. The van der Waals surface area contributed by atoms with Gasteiger partial charge in [-0.3, -0.25) is 4.72 Å². The zero-order valence-corrected chi connectivity index (χ0v) is 16.6. The molecule has 0 aliphatic carbocycles. The van der Waals surface area contributed by atoms with E-state index in [2.05, 4.69) is 14.4 Å². The summed E-state index contributed by atoms with van der Waals surface area (Å²) in [4.78, 5) is 3.28. The zero-order valence-electron chi connectivity index (χ0n) is 15.8. The largest absolute Gasteiger partial charge is 0.452 e. The van der Waals surface area contributed by atoms with Crippen LogP contribution in [0.4, 0.5) is 19.0 Å².